The standard InChI is InChI=1S/C28H24ClFN2O5/c1-4-36-24-14-18(13-21(29)25(24)37-15-19-7-5-6-8-22(19)30)12-20-26(33)31-28(35)32(27(20)34)23-11-16(2)9-10-17(23)3/h5-14H,4,15H2,1-3H3,(H,31,33,35)/b20-12+. The Kier molecular flexibility index (Phi) is 7.59. The van der Waals surface area contributed by atoms with Gasteiger partial charge in [0, 0.05) is 5.56 Å². The van der Waals surface area contributed by atoms with Crippen molar-refractivity contribution in [3.05, 3.63) is 93.3 Å². The topological polar surface area (TPSA) is 84.9 Å². The minimum absolute atomic E-state index is 0.0826. The fraction of sp³-hybridized carbons (Fsp3) is 0.179. The van der Waals surface area contributed by atoms with Crippen LogP contribution in [-0.2, 0) is 16.2 Å². The number of hydrogen-bond acceptors (Lipinski definition) is 5. The van der Waals surface area contributed by atoms with Crippen LogP contribution in [0.1, 0.15) is 29.2 Å². The quantitative estimate of drug-likeness (QED) is 0.316. The lowest BCUT2D eigenvalue weighted by Crippen LogP contribution is -2.54. The van der Waals surface area contributed by atoms with Crippen LogP contribution in [0, 0.1) is 19.7 Å². The molecule has 1 saturated heterocycles. The highest BCUT2D eigenvalue weighted by Gasteiger charge is 2.37. The van der Waals surface area contributed by atoms with Crippen LogP contribution in [0.15, 0.2) is 60.2 Å². The molecule has 7 nitrogen and oxygen atoms in total. The van der Waals surface area contributed by atoms with E-state index in [4.69, 9.17) is 21.1 Å². The number of aryl methyl sites for hydroxylation is 2. The zero-order chi connectivity index (χ0) is 26.7. The third-order valence-corrected chi connectivity index (χ3v) is 5.96. The number of nitrogens with one attached hydrogen (secondary N) is 1. The molecule has 0 spiro atoms. The molecule has 0 unspecified atom stereocenters. The lowest BCUT2D eigenvalue weighted by atomic mass is 10.0. The molecule has 9 heteroatoms. The van der Waals surface area contributed by atoms with E-state index in [1.54, 1.807) is 50.2 Å². The number of urea groups is 1. The van der Waals surface area contributed by atoms with E-state index in [0.29, 0.717) is 22.4 Å². The molecule has 4 rings (SSSR count). The SMILES string of the molecule is CCOc1cc(/C=C2\C(=O)NC(=O)N(c3cc(C)ccc3C)C2=O)cc(Cl)c1OCc1ccccc1F. The zero-order valence-electron chi connectivity index (χ0n) is 20.4. The summed E-state index contributed by atoms with van der Waals surface area (Å²) < 4.78 is 25.5. The molecule has 37 heavy (non-hydrogen) atoms. The zero-order valence-corrected chi connectivity index (χ0v) is 21.2. The average Bonchev–Trinajstić information content (AvgIpc) is 2.84. The van der Waals surface area contributed by atoms with E-state index in [1.165, 1.54) is 18.2 Å². The summed E-state index contributed by atoms with van der Waals surface area (Å²) in [5.74, 6) is -1.56. The van der Waals surface area contributed by atoms with Gasteiger partial charge >= 0.3 is 6.03 Å². The number of rotatable bonds is 7. The summed E-state index contributed by atoms with van der Waals surface area (Å²) in [5.41, 5.74) is 2.39. The third kappa shape index (κ3) is 5.49. The molecule has 0 bridgehead atoms. The molecule has 1 N–H and O–H groups in total. The Balaban J connectivity index is 1.69. The molecular formula is C28H24ClFN2O5. The van der Waals surface area contributed by atoms with E-state index in [0.717, 1.165) is 10.5 Å². The summed E-state index contributed by atoms with van der Waals surface area (Å²) in [6, 6.07) is 13.8. The highest BCUT2D eigenvalue weighted by molar-refractivity contribution is 6.39. The van der Waals surface area contributed by atoms with Gasteiger partial charge in [0.1, 0.15) is 18.0 Å². The number of benzene rings is 3. The molecule has 1 fully saturated rings. The van der Waals surface area contributed by atoms with Gasteiger partial charge in [-0.25, -0.2) is 14.1 Å². The number of imide groups is 2. The Morgan fingerprint density at radius 2 is 1.78 bits per heavy atom. The minimum atomic E-state index is -0.828. The third-order valence-electron chi connectivity index (χ3n) is 5.68. The van der Waals surface area contributed by atoms with Gasteiger partial charge in [-0.15, -0.1) is 0 Å². The van der Waals surface area contributed by atoms with Gasteiger partial charge in [0.15, 0.2) is 11.5 Å². The van der Waals surface area contributed by atoms with Crippen molar-refractivity contribution < 1.29 is 28.2 Å². The molecule has 1 aliphatic rings. The summed E-state index contributed by atoms with van der Waals surface area (Å²) in [6.45, 7) is 5.57. The van der Waals surface area contributed by atoms with Crippen LogP contribution in [-0.4, -0.2) is 24.5 Å². The van der Waals surface area contributed by atoms with Crippen molar-refractivity contribution in [1.82, 2.24) is 5.32 Å². The number of barbiturate groups is 1. The Morgan fingerprint density at radius 3 is 2.51 bits per heavy atom. The first-order valence-electron chi connectivity index (χ1n) is 11.5. The molecule has 3 aromatic rings. The first kappa shape index (κ1) is 25.9. The van der Waals surface area contributed by atoms with Crippen molar-refractivity contribution in [1.29, 1.82) is 0 Å². The molecule has 3 aromatic carbocycles. The average molecular weight is 523 g/mol. The van der Waals surface area contributed by atoms with Crippen LogP contribution in [0.5, 0.6) is 11.5 Å². The second kappa shape index (κ2) is 10.8. The van der Waals surface area contributed by atoms with E-state index in [9.17, 15) is 18.8 Å². The van der Waals surface area contributed by atoms with Crippen molar-refractivity contribution >= 4 is 41.2 Å². The number of carbonyl (C=O) groups excluding carboxylic acids is 3. The molecule has 0 aromatic heterocycles. The minimum Gasteiger partial charge on any atom is -0.490 e. The molecule has 1 aliphatic heterocycles. The summed E-state index contributed by atoms with van der Waals surface area (Å²) in [4.78, 5) is 39.5. The van der Waals surface area contributed by atoms with Gasteiger partial charge in [-0.1, -0.05) is 41.9 Å². The Labute approximate surface area is 218 Å². The van der Waals surface area contributed by atoms with Crippen LogP contribution in [0.2, 0.25) is 5.02 Å². The molecule has 0 radical (unpaired) electrons. The van der Waals surface area contributed by atoms with E-state index < -0.39 is 23.7 Å². The summed E-state index contributed by atoms with van der Waals surface area (Å²) in [6.07, 6.45) is 1.33. The number of halogens is 2. The number of anilines is 1. The van der Waals surface area contributed by atoms with E-state index in [2.05, 4.69) is 5.32 Å². The molecule has 0 aliphatic carbocycles. The van der Waals surface area contributed by atoms with Crippen molar-refractivity contribution in [2.75, 3.05) is 11.5 Å². The summed E-state index contributed by atoms with van der Waals surface area (Å²) >= 11 is 6.47. The van der Waals surface area contributed by atoms with Gasteiger partial charge in [-0.3, -0.25) is 14.9 Å². The van der Waals surface area contributed by atoms with Crippen LogP contribution < -0.4 is 19.7 Å². The molecule has 1 heterocycles. The molecule has 190 valence electrons. The first-order valence-corrected chi connectivity index (χ1v) is 11.9. The smallest absolute Gasteiger partial charge is 0.335 e. The van der Waals surface area contributed by atoms with Crippen LogP contribution in [0.25, 0.3) is 6.08 Å². The van der Waals surface area contributed by atoms with Crippen molar-refractivity contribution in [2.45, 2.75) is 27.4 Å². The van der Waals surface area contributed by atoms with Gasteiger partial charge in [0.05, 0.1) is 17.3 Å². The Hall–Kier alpha value is -4.17. The fourth-order valence-electron chi connectivity index (χ4n) is 3.84. The maximum Gasteiger partial charge on any atom is 0.335 e. The normalized spacial score (nSPS) is 14.7. The van der Waals surface area contributed by atoms with Gasteiger partial charge in [0.2, 0.25) is 0 Å². The molecule has 0 saturated carbocycles. The van der Waals surface area contributed by atoms with E-state index >= 15 is 0 Å². The van der Waals surface area contributed by atoms with Crippen LogP contribution in [0.3, 0.4) is 0 Å². The van der Waals surface area contributed by atoms with Gasteiger partial charge in [0.25, 0.3) is 11.8 Å². The fourth-order valence-corrected chi connectivity index (χ4v) is 4.12. The Bertz CT molecular complexity index is 1440. The second-order valence-corrected chi connectivity index (χ2v) is 8.80. The van der Waals surface area contributed by atoms with Crippen molar-refractivity contribution in [3.63, 3.8) is 0 Å². The number of hydrogen-bond donors (Lipinski definition) is 1. The predicted octanol–water partition coefficient (Wildman–Crippen LogP) is 5.74. The maximum atomic E-state index is 14.0. The number of amides is 4. The lowest BCUT2D eigenvalue weighted by Gasteiger charge is -2.28. The number of nitrogens with zero attached hydrogens (tertiary/aromatic N) is 1. The van der Waals surface area contributed by atoms with Crippen LogP contribution in [0.4, 0.5) is 14.9 Å². The van der Waals surface area contributed by atoms with Gasteiger partial charge in [-0.2, -0.15) is 0 Å². The van der Waals surface area contributed by atoms with Crippen molar-refractivity contribution in [2.24, 2.45) is 0 Å². The molecule has 4 amide bonds. The number of carbonyl (C=O) groups is 3. The van der Waals surface area contributed by atoms with Gasteiger partial charge < -0.3 is 9.47 Å². The maximum absolute atomic E-state index is 14.0. The highest BCUT2D eigenvalue weighted by atomic mass is 35.5. The number of ether oxygens (including phenoxy) is 2. The summed E-state index contributed by atoms with van der Waals surface area (Å²) in [5, 5.41) is 2.36. The second-order valence-electron chi connectivity index (χ2n) is 8.39. The highest BCUT2D eigenvalue weighted by Crippen LogP contribution is 2.38. The van der Waals surface area contributed by atoms with Crippen molar-refractivity contribution in [3.8, 4) is 11.5 Å². The largest absolute Gasteiger partial charge is 0.490 e. The Morgan fingerprint density at radius 1 is 1.03 bits per heavy atom. The summed E-state index contributed by atoms with van der Waals surface area (Å²) in [7, 11) is 0. The first-order chi connectivity index (χ1) is 17.7. The monoisotopic (exact) mass is 522 g/mol. The van der Waals surface area contributed by atoms with E-state index in [1.807, 2.05) is 13.0 Å². The van der Waals surface area contributed by atoms with Gasteiger partial charge in [-0.05, 0) is 67.8 Å². The molecular weight excluding hydrogens is 499 g/mol. The lowest BCUT2D eigenvalue weighted by molar-refractivity contribution is -0.122. The van der Waals surface area contributed by atoms with Crippen LogP contribution >= 0.6 is 11.6 Å². The predicted molar refractivity (Wildman–Crippen MR) is 138 cm³/mol. The molecule has 0 atom stereocenters. The van der Waals surface area contributed by atoms with E-state index in [-0.39, 0.29) is 35.3 Å².